The van der Waals surface area contributed by atoms with Crippen LogP contribution in [0, 0.1) is 0 Å². The molecule has 1 saturated heterocycles. The van der Waals surface area contributed by atoms with E-state index in [0.29, 0.717) is 19.8 Å². The monoisotopic (exact) mass is 188 g/mol. The lowest BCUT2D eigenvalue weighted by atomic mass is 10.3. The lowest BCUT2D eigenvalue weighted by molar-refractivity contribution is 0.0755. The summed E-state index contributed by atoms with van der Waals surface area (Å²) in [6, 6.07) is 0.207. The Morgan fingerprint density at radius 3 is 3.23 bits per heavy atom. The second-order valence-corrected chi connectivity index (χ2v) is 2.83. The van der Waals surface area contributed by atoms with Crippen LogP contribution in [0.4, 0.5) is 4.79 Å². The van der Waals surface area contributed by atoms with Crippen LogP contribution >= 0.6 is 0 Å². The van der Waals surface area contributed by atoms with E-state index in [0.717, 1.165) is 13.2 Å². The van der Waals surface area contributed by atoms with Crippen molar-refractivity contribution < 1.29 is 14.3 Å². The first-order valence-electron chi connectivity index (χ1n) is 4.54. The summed E-state index contributed by atoms with van der Waals surface area (Å²) in [5.74, 6) is 0. The molecule has 1 unspecified atom stereocenters. The summed E-state index contributed by atoms with van der Waals surface area (Å²) >= 11 is 0. The molecule has 1 amide bonds. The number of hydrogen-bond donors (Lipinski definition) is 2. The standard InChI is InChI=1S/C8H16N2O3/c1-2-13-8(11)10-5-7-6-12-4-3-9-7/h7,9H,2-6H2,1H3,(H,10,11). The van der Waals surface area contributed by atoms with Gasteiger partial charge in [0.15, 0.2) is 0 Å². The summed E-state index contributed by atoms with van der Waals surface area (Å²) < 4.78 is 9.93. The van der Waals surface area contributed by atoms with Crippen molar-refractivity contribution in [2.75, 3.05) is 32.9 Å². The van der Waals surface area contributed by atoms with Crippen LogP contribution < -0.4 is 10.6 Å². The third-order valence-corrected chi connectivity index (χ3v) is 1.77. The van der Waals surface area contributed by atoms with Gasteiger partial charge in [-0.05, 0) is 6.92 Å². The topological polar surface area (TPSA) is 59.6 Å². The van der Waals surface area contributed by atoms with Crippen molar-refractivity contribution in [2.45, 2.75) is 13.0 Å². The maximum atomic E-state index is 10.9. The van der Waals surface area contributed by atoms with E-state index in [1.54, 1.807) is 6.92 Å². The third-order valence-electron chi connectivity index (χ3n) is 1.77. The first kappa shape index (κ1) is 10.3. The molecule has 1 aliphatic rings. The summed E-state index contributed by atoms with van der Waals surface area (Å²) in [6.45, 7) is 4.97. The molecule has 0 aromatic heterocycles. The van der Waals surface area contributed by atoms with Gasteiger partial charge in [0.25, 0.3) is 0 Å². The van der Waals surface area contributed by atoms with Crippen LogP contribution in [0.3, 0.4) is 0 Å². The van der Waals surface area contributed by atoms with Crippen LogP contribution in [0.1, 0.15) is 6.92 Å². The molecule has 1 aliphatic heterocycles. The van der Waals surface area contributed by atoms with E-state index in [2.05, 4.69) is 10.6 Å². The fourth-order valence-corrected chi connectivity index (χ4v) is 1.14. The molecule has 0 aromatic carbocycles. The molecule has 13 heavy (non-hydrogen) atoms. The van der Waals surface area contributed by atoms with Gasteiger partial charge in [0, 0.05) is 19.1 Å². The first-order chi connectivity index (χ1) is 6.33. The normalized spacial score (nSPS) is 22.4. The minimum Gasteiger partial charge on any atom is -0.450 e. The summed E-state index contributed by atoms with van der Waals surface area (Å²) in [5.41, 5.74) is 0. The minimum absolute atomic E-state index is 0.207. The molecular weight excluding hydrogens is 172 g/mol. The van der Waals surface area contributed by atoms with Crippen molar-refractivity contribution in [2.24, 2.45) is 0 Å². The highest BCUT2D eigenvalue weighted by molar-refractivity contribution is 5.67. The maximum Gasteiger partial charge on any atom is 0.407 e. The quantitative estimate of drug-likeness (QED) is 0.639. The molecule has 0 aromatic rings. The van der Waals surface area contributed by atoms with Crippen molar-refractivity contribution in [3.63, 3.8) is 0 Å². The van der Waals surface area contributed by atoms with E-state index in [1.165, 1.54) is 0 Å². The molecule has 0 spiro atoms. The van der Waals surface area contributed by atoms with Gasteiger partial charge < -0.3 is 20.1 Å². The number of rotatable bonds is 3. The van der Waals surface area contributed by atoms with Crippen LogP contribution in [0.25, 0.3) is 0 Å². The Kier molecular flexibility index (Phi) is 4.56. The number of carbonyl (C=O) groups excluding carboxylic acids is 1. The number of alkyl carbamates (subject to hydrolysis) is 1. The Balaban J connectivity index is 2.06. The predicted octanol–water partition coefficient (Wildman–Crippen LogP) is -0.279. The average molecular weight is 188 g/mol. The number of nitrogens with one attached hydrogen (secondary N) is 2. The SMILES string of the molecule is CCOC(=O)NCC1COCCN1. The van der Waals surface area contributed by atoms with Gasteiger partial charge in [-0.25, -0.2) is 4.79 Å². The van der Waals surface area contributed by atoms with Gasteiger partial charge in [0.05, 0.1) is 19.8 Å². The van der Waals surface area contributed by atoms with Gasteiger partial charge in [0.2, 0.25) is 0 Å². The molecule has 1 fully saturated rings. The van der Waals surface area contributed by atoms with E-state index in [4.69, 9.17) is 9.47 Å². The predicted molar refractivity (Wildman–Crippen MR) is 47.6 cm³/mol. The van der Waals surface area contributed by atoms with Crippen molar-refractivity contribution >= 4 is 6.09 Å². The highest BCUT2D eigenvalue weighted by Crippen LogP contribution is 1.91. The average Bonchev–Trinajstić information content (AvgIpc) is 2.17. The fourth-order valence-electron chi connectivity index (χ4n) is 1.14. The van der Waals surface area contributed by atoms with Gasteiger partial charge in [0.1, 0.15) is 0 Å². The van der Waals surface area contributed by atoms with Crippen molar-refractivity contribution in [1.82, 2.24) is 10.6 Å². The Bertz CT molecular complexity index is 157. The van der Waals surface area contributed by atoms with E-state index >= 15 is 0 Å². The van der Waals surface area contributed by atoms with Crippen LogP contribution in [0.2, 0.25) is 0 Å². The Hall–Kier alpha value is -0.810. The molecule has 2 N–H and O–H groups in total. The Morgan fingerprint density at radius 2 is 2.62 bits per heavy atom. The van der Waals surface area contributed by atoms with Crippen LogP contribution in [-0.2, 0) is 9.47 Å². The molecule has 0 aliphatic carbocycles. The summed E-state index contributed by atoms with van der Waals surface area (Å²) in [4.78, 5) is 10.9. The molecule has 76 valence electrons. The molecule has 1 atom stereocenters. The minimum atomic E-state index is -0.366. The molecule has 0 radical (unpaired) electrons. The van der Waals surface area contributed by atoms with E-state index in [1.807, 2.05) is 0 Å². The van der Waals surface area contributed by atoms with Gasteiger partial charge >= 0.3 is 6.09 Å². The number of amides is 1. The highest BCUT2D eigenvalue weighted by Gasteiger charge is 2.13. The van der Waals surface area contributed by atoms with Gasteiger partial charge in [-0.3, -0.25) is 0 Å². The second-order valence-electron chi connectivity index (χ2n) is 2.83. The Labute approximate surface area is 77.8 Å². The molecule has 1 rings (SSSR count). The van der Waals surface area contributed by atoms with E-state index < -0.39 is 0 Å². The molecular formula is C8H16N2O3. The zero-order chi connectivity index (χ0) is 9.52. The molecule has 5 heteroatoms. The van der Waals surface area contributed by atoms with Crippen LogP contribution in [-0.4, -0.2) is 45.0 Å². The number of carbonyl (C=O) groups is 1. The lowest BCUT2D eigenvalue weighted by Crippen LogP contribution is -2.48. The molecule has 0 saturated carbocycles. The first-order valence-corrected chi connectivity index (χ1v) is 4.54. The summed E-state index contributed by atoms with van der Waals surface area (Å²) in [6.07, 6.45) is -0.366. The number of ether oxygens (including phenoxy) is 2. The number of hydrogen-bond acceptors (Lipinski definition) is 4. The smallest absolute Gasteiger partial charge is 0.407 e. The van der Waals surface area contributed by atoms with E-state index in [-0.39, 0.29) is 12.1 Å². The van der Waals surface area contributed by atoms with Gasteiger partial charge in [-0.1, -0.05) is 0 Å². The second kappa shape index (κ2) is 5.77. The van der Waals surface area contributed by atoms with Crippen molar-refractivity contribution in [3.8, 4) is 0 Å². The van der Waals surface area contributed by atoms with Crippen molar-refractivity contribution in [3.05, 3.63) is 0 Å². The summed E-state index contributed by atoms with van der Waals surface area (Å²) in [7, 11) is 0. The zero-order valence-corrected chi connectivity index (χ0v) is 7.84. The Morgan fingerprint density at radius 1 is 1.77 bits per heavy atom. The van der Waals surface area contributed by atoms with Gasteiger partial charge in [-0.15, -0.1) is 0 Å². The largest absolute Gasteiger partial charge is 0.450 e. The lowest BCUT2D eigenvalue weighted by Gasteiger charge is -2.23. The highest BCUT2D eigenvalue weighted by atomic mass is 16.5. The third kappa shape index (κ3) is 4.10. The number of morpholine rings is 1. The molecule has 5 nitrogen and oxygen atoms in total. The maximum absolute atomic E-state index is 10.9. The van der Waals surface area contributed by atoms with Crippen LogP contribution in [0.5, 0.6) is 0 Å². The van der Waals surface area contributed by atoms with Crippen LogP contribution in [0.15, 0.2) is 0 Å². The summed E-state index contributed by atoms with van der Waals surface area (Å²) in [5, 5.41) is 5.87. The van der Waals surface area contributed by atoms with E-state index in [9.17, 15) is 4.79 Å². The molecule has 0 bridgehead atoms. The zero-order valence-electron chi connectivity index (χ0n) is 7.84. The fraction of sp³-hybridized carbons (Fsp3) is 0.875. The van der Waals surface area contributed by atoms with Gasteiger partial charge in [-0.2, -0.15) is 0 Å². The molecule has 1 heterocycles. The van der Waals surface area contributed by atoms with Crippen molar-refractivity contribution in [1.29, 1.82) is 0 Å².